The third kappa shape index (κ3) is 2.10. The monoisotopic (exact) mass is 222 g/mol. The smallest absolute Gasteiger partial charge is 0.0302 e. The molecule has 1 atom stereocenters. The standard InChI is InChI=1S/C12H18N2S/c1-2-11(15-7-1)8-13-12-9-14-5-3-10(12)4-6-14/h1-2,7,10,12-13H,3-6,8-9H2. The molecular formula is C12H18N2S. The SMILES string of the molecule is c1csc(CNC2CN3CCC2CC3)c1. The van der Waals surface area contributed by atoms with Crippen LogP contribution in [0.2, 0.25) is 0 Å². The van der Waals surface area contributed by atoms with Gasteiger partial charge >= 0.3 is 0 Å². The van der Waals surface area contributed by atoms with Crippen LogP contribution in [0.1, 0.15) is 17.7 Å². The third-order valence-corrected chi connectivity index (χ3v) is 4.65. The van der Waals surface area contributed by atoms with Gasteiger partial charge in [-0.05, 0) is 43.3 Å². The second kappa shape index (κ2) is 4.24. The van der Waals surface area contributed by atoms with Crippen molar-refractivity contribution >= 4 is 11.3 Å². The van der Waals surface area contributed by atoms with Crippen molar-refractivity contribution in [1.29, 1.82) is 0 Å². The topological polar surface area (TPSA) is 15.3 Å². The van der Waals surface area contributed by atoms with Crippen LogP contribution in [0.3, 0.4) is 0 Å². The van der Waals surface area contributed by atoms with Gasteiger partial charge in [-0.2, -0.15) is 0 Å². The second-order valence-electron chi connectivity index (χ2n) is 4.70. The molecule has 0 radical (unpaired) electrons. The lowest BCUT2D eigenvalue weighted by molar-refractivity contribution is 0.0721. The molecule has 3 aliphatic heterocycles. The normalized spacial score (nSPS) is 34.5. The highest BCUT2D eigenvalue weighted by Gasteiger charge is 2.33. The minimum absolute atomic E-state index is 0.745. The Balaban J connectivity index is 1.55. The Morgan fingerprint density at radius 1 is 1.40 bits per heavy atom. The number of piperidine rings is 3. The van der Waals surface area contributed by atoms with Gasteiger partial charge in [0.25, 0.3) is 0 Å². The van der Waals surface area contributed by atoms with Crippen molar-refractivity contribution < 1.29 is 0 Å². The number of hydrogen-bond donors (Lipinski definition) is 1. The molecule has 1 aromatic rings. The quantitative estimate of drug-likeness (QED) is 0.840. The van der Waals surface area contributed by atoms with Crippen molar-refractivity contribution in [3.05, 3.63) is 22.4 Å². The van der Waals surface area contributed by atoms with Crippen molar-refractivity contribution in [2.45, 2.75) is 25.4 Å². The lowest BCUT2D eigenvalue weighted by Crippen LogP contribution is -2.55. The molecule has 1 unspecified atom stereocenters. The zero-order chi connectivity index (χ0) is 10.1. The summed E-state index contributed by atoms with van der Waals surface area (Å²) in [7, 11) is 0. The Morgan fingerprint density at radius 3 is 2.87 bits per heavy atom. The summed E-state index contributed by atoms with van der Waals surface area (Å²) in [5.41, 5.74) is 0. The molecule has 3 aliphatic rings. The van der Waals surface area contributed by atoms with Crippen LogP contribution in [0.4, 0.5) is 0 Å². The van der Waals surface area contributed by atoms with E-state index in [0.29, 0.717) is 0 Å². The molecule has 0 spiro atoms. The summed E-state index contributed by atoms with van der Waals surface area (Å²) < 4.78 is 0. The van der Waals surface area contributed by atoms with Crippen LogP contribution in [0, 0.1) is 5.92 Å². The molecule has 2 bridgehead atoms. The largest absolute Gasteiger partial charge is 0.308 e. The first-order valence-corrected chi connectivity index (χ1v) is 6.78. The molecule has 15 heavy (non-hydrogen) atoms. The van der Waals surface area contributed by atoms with E-state index in [1.165, 1.54) is 37.4 Å². The van der Waals surface area contributed by atoms with Crippen molar-refractivity contribution in [3.63, 3.8) is 0 Å². The second-order valence-corrected chi connectivity index (χ2v) is 5.74. The molecule has 0 saturated carbocycles. The predicted molar refractivity (Wildman–Crippen MR) is 64.1 cm³/mol. The molecule has 1 aromatic heterocycles. The molecule has 3 saturated heterocycles. The zero-order valence-electron chi connectivity index (χ0n) is 8.98. The van der Waals surface area contributed by atoms with Gasteiger partial charge in [0.1, 0.15) is 0 Å². The highest BCUT2D eigenvalue weighted by Crippen LogP contribution is 2.27. The van der Waals surface area contributed by atoms with Crippen LogP contribution < -0.4 is 5.32 Å². The fraction of sp³-hybridized carbons (Fsp3) is 0.667. The summed E-state index contributed by atoms with van der Waals surface area (Å²) in [5, 5.41) is 5.88. The maximum Gasteiger partial charge on any atom is 0.0302 e. The molecular weight excluding hydrogens is 204 g/mol. The van der Waals surface area contributed by atoms with Gasteiger partial charge in [0.05, 0.1) is 0 Å². The maximum atomic E-state index is 3.72. The van der Waals surface area contributed by atoms with Crippen molar-refractivity contribution in [2.24, 2.45) is 5.92 Å². The first-order chi connectivity index (χ1) is 7.42. The van der Waals surface area contributed by atoms with E-state index in [4.69, 9.17) is 0 Å². The predicted octanol–water partition coefficient (Wildman–Crippen LogP) is 1.93. The molecule has 0 aromatic carbocycles. The number of rotatable bonds is 3. The van der Waals surface area contributed by atoms with Crippen molar-refractivity contribution in [3.8, 4) is 0 Å². The minimum atomic E-state index is 0.745. The molecule has 4 heterocycles. The highest BCUT2D eigenvalue weighted by molar-refractivity contribution is 7.09. The number of nitrogens with zero attached hydrogens (tertiary/aromatic N) is 1. The third-order valence-electron chi connectivity index (χ3n) is 3.77. The van der Waals surface area contributed by atoms with Crippen LogP contribution in [-0.4, -0.2) is 30.6 Å². The zero-order valence-corrected chi connectivity index (χ0v) is 9.80. The van der Waals surface area contributed by atoms with Crippen LogP contribution in [0.25, 0.3) is 0 Å². The van der Waals surface area contributed by atoms with E-state index in [2.05, 4.69) is 27.7 Å². The van der Waals surface area contributed by atoms with Gasteiger partial charge in [0.15, 0.2) is 0 Å². The van der Waals surface area contributed by atoms with E-state index >= 15 is 0 Å². The van der Waals surface area contributed by atoms with Crippen molar-refractivity contribution in [2.75, 3.05) is 19.6 Å². The Kier molecular flexibility index (Phi) is 2.77. The summed E-state index contributed by atoms with van der Waals surface area (Å²) in [6, 6.07) is 5.10. The average molecular weight is 222 g/mol. The Hall–Kier alpha value is -0.380. The van der Waals surface area contributed by atoms with Crippen LogP contribution in [0.5, 0.6) is 0 Å². The first-order valence-electron chi connectivity index (χ1n) is 5.90. The van der Waals surface area contributed by atoms with E-state index in [1.54, 1.807) is 0 Å². The van der Waals surface area contributed by atoms with Gasteiger partial charge in [0, 0.05) is 24.0 Å². The average Bonchev–Trinajstić information content (AvgIpc) is 2.81. The van der Waals surface area contributed by atoms with Gasteiger partial charge < -0.3 is 10.2 Å². The van der Waals surface area contributed by atoms with Gasteiger partial charge in [0.2, 0.25) is 0 Å². The number of hydrogen-bond acceptors (Lipinski definition) is 3. The molecule has 82 valence electrons. The van der Waals surface area contributed by atoms with Gasteiger partial charge in [-0.1, -0.05) is 6.07 Å². The van der Waals surface area contributed by atoms with E-state index in [1.807, 2.05) is 11.3 Å². The Labute approximate surface area is 95.3 Å². The first kappa shape index (κ1) is 9.82. The van der Waals surface area contributed by atoms with E-state index in [0.717, 1.165) is 18.5 Å². The van der Waals surface area contributed by atoms with Crippen LogP contribution in [-0.2, 0) is 6.54 Å². The summed E-state index contributed by atoms with van der Waals surface area (Å²) in [6.07, 6.45) is 2.81. The van der Waals surface area contributed by atoms with E-state index < -0.39 is 0 Å². The minimum Gasteiger partial charge on any atom is -0.308 e. The molecule has 1 N–H and O–H groups in total. The molecule has 4 rings (SSSR count). The van der Waals surface area contributed by atoms with Gasteiger partial charge in [-0.25, -0.2) is 0 Å². The lowest BCUT2D eigenvalue weighted by atomic mass is 9.84. The molecule has 2 nitrogen and oxygen atoms in total. The number of nitrogens with one attached hydrogen (secondary N) is 1. The number of thiophene rings is 1. The number of fused-ring (bicyclic) bond motifs is 3. The van der Waals surface area contributed by atoms with E-state index in [9.17, 15) is 0 Å². The van der Waals surface area contributed by atoms with E-state index in [-0.39, 0.29) is 0 Å². The Morgan fingerprint density at radius 2 is 2.27 bits per heavy atom. The maximum absolute atomic E-state index is 3.72. The summed E-state index contributed by atoms with van der Waals surface area (Å²) in [5.74, 6) is 0.940. The molecule has 0 amide bonds. The molecule has 3 heteroatoms. The Bertz CT molecular complexity index is 301. The van der Waals surface area contributed by atoms with Gasteiger partial charge in [-0.3, -0.25) is 0 Å². The van der Waals surface area contributed by atoms with Crippen LogP contribution >= 0.6 is 11.3 Å². The van der Waals surface area contributed by atoms with Crippen LogP contribution in [0.15, 0.2) is 17.5 Å². The molecule has 3 fully saturated rings. The van der Waals surface area contributed by atoms with Crippen molar-refractivity contribution in [1.82, 2.24) is 10.2 Å². The fourth-order valence-corrected chi connectivity index (χ4v) is 3.50. The summed E-state index contributed by atoms with van der Waals surface area (Å²) >= 11 is 1.86. The summed E-state index contributed by atoms with van der Waals surface area (Å²) in [6.45, 7) is 5.01. The lowest BCUT2D eigenvalue weighted by Gasteiger charge is -2.45. The fourth-order valence-electron chi connectivity index (χ4n) is 2.84. The summed E-state index contributed by atoms with van der Waals surface area (Å²) in [4.78, 5) is 4.07. The molecule has 0 aliphatic carbocycles. The highest BCUT2D eigenvalue weighted by atomic mass is 32.1. The van der Waals surface area contributed by atoms with Gasteiger partial charge in [-0.15, -0.1) is 11.3 Å².